The summed E-state index contributed by atoms with van der Waals surface area (Å²) >= 11 is 0. The number of ether oxygens (including phenoxy) is 2. The van der Waals surface area contributed by atoms with E-state index in [2.05, 4.69) is 52.9 Å². The molecule has 2 N–H and O–H groups in total. The lowest BCUT2D eigenvalue weighted by Gasteiger charge is -2.05. The molecular weight excluding hydrogens is 276 g/mol. The van der Waals surface area contributed by atoms with E-state index in [1.54, 1.807) is 0 Å². The Bertz CT molecular complexity index is 795. The Kier molecular flexibility index (Phi) is 3.45. The highest BCUT2D eigenvalue weighted by Gasteiger charge is 2.12. The van der Waals surface area contributed by atoms with Gasteiger partial charge in [-0.15, -0.1) is 0 Å². The first kappa shape index (κ1) is 13.2. The average Bonchev–Trinajstić information content (AvgIpc) is 3.18. The minimum Gasteiger partial charge on any atom is -0.454 e. The van der Waals surface area contributed by atoms with Gasteiger partial charge in [0.2, 0.25) is 6.79 Å². The van der Waals surface area contributed by atoms with Crippen molar-refractivity contribution >= 4 is 10.9 Å². The van der Waals surface area contributed by atoms with Gasteiger partial charge < -0.3 is 19.8 Å². The zero-order valence-electron chi connectivity index (χ0n) is 12.3. The van der Waals surface area contributed by atoms with Crippen molar-refractivity contribution in [2.75, 3.05) is 13.3 Å². The standard InChI is InChI=1S/C18H18N2O2/c1-2-4-16-15(3-1)14(11-20-16)10-19-8-7-13-5-6-17-18(9-13)22-12-21-17/h1-6,9,11,19-20H,7-8,10,12H2. The van der Waals surface area contributed by atoms with Crippen molar-refractivity contribution in [3.05, 3.63) is 59.8 Å². The Morgan fingerprint density at radius 3 is 2.95 bits per heavy atom. The summed E-state index contributed by atoms with van der Waals surface area (Å²) in [5.41, 5.74) is 3.76. The normalized spacial score (nSPS) is 12.9. The first-order chi connectivity index (χ1) is 10.9. The van der Waals surface area contributed by atoms with Gasteiger partial charge in [-0.05, 0) is 42.3 Å². The van der Waals surface area contributed by atoms with Gasteiger partial charge in [-0.1, -0.05) is 24.3 Å². The highest BCUT2D eigenvalue weighted by molar-refractivity contribution is 5.82. The van der Waals surface area contributed by atoms with Crippen molar-refractivity contribution in [2.24, 2.45) is 0 Å². The Labute approximate surface area is 129 Å². The van der Waals surface area contributed by atoms with Gasteiger partial charge in [-0.3, -0.25) is 0 Å². The molecular formula is C18H18N2O2. The molecule has 1 aliphatic rings. The van der Waals surface area contributed by atoms with Crippen LogP contribution in [0.1, 0.15) is 11.1 Å². The fourth-order valence-electron chi connectivity index (χ4n) is 2.83. The lowest BCUT2D eigenvalue weighted by atomic mass is 10.1. The van der Waals surface area contributed by atoms with Crippen LogP contribution in [0, 0.1) is 0 Å². The molecule has 3 aromatic rings. The van der Waals surface area contributed by atoms with Gasteiger partial charge in [-0.2, -0.15) is 0 Å². The molecule has 112 valence electrons. The molecule has 4 nitrogen and oxygen atoms in total. The molecule has 2 heterocycles. The number of hydrogen-bond acceptors (Lipinski definition) is 3. The molecule has 0 amide bonds. The van der Waals surface area contributed by atoms with E-state index >= 15 is 0 Å². The Hall–Kier alpha value is -2.46. The molecule has 0 spiro atoms. The van der Waals surface area contributed by atoms with E-state index in [1.165, 1.54) is 22.0 Å². The predicted molar refractivity (Wildman–Crippen MR) is 86.3 cm³/mol. The van der Waals surface area contributed by atoms with E-state index in [0.29, 0.717) is 6.79 Å². The maximum atomic E-state index is 5.41. The zero-order valence-corrected chi connectivity index (χ0v) is 12.3. The Morgan fingerprint density at radius 2 is 1.95 bits per heavy atom. The molecule has 0 unspecified atom stereocenters. The number of para-hydroxylation sites is 1. The lowest BCUT2D eigenvalue weighted by molar-refractivity contribution is 0.174. The molecule has 4 rings (SSSR count). The molecule has 1 aromatic heterocycles. The second-order valence-corrected chi connectivity index (χ2v) is 5.47. The summed E-state index contributed by atoms with van der Waals surface area (Å²) in [7, 11) is 0. The van der Waals surface area contributed by atoms with Gasteiger partial charge in [0.15, 0.2) is 11.5 Å². The number of aromatic nitrogens is 1. The summed E-state index contributed by atoms with van der Waals surface area (Å²) in [4.78, 5) is 3.30. The molecule has 22 heavy (non-hydrogen) atoms. The SMILES string of the molecule is c1ccc2c(CNCCc3ccc4c(c3)OCO4)c[nH]c2c1. The van der Waals surface area contributed by atoms with Gasteiger partial charge >= 0.3 is 0 Å². The highest BCUT2D eigenvalue weighted by Crippen LogP contribution is 2.32. The molecule has 0 bridgehead atoms. The fourth-order valence-corrected chi connectivity index (χ4v) is 2.83. The Morgan fingerprint density at radius 1 is 1.05 bits per heavy atom. The first-order valence-electron chi connectivity index (χ1n) is 7.54. The molecule has 0 aliphatic carbocycles. The summed E-state index contributed by atoms with van der Waals surface area (Å²) in [6, 6.07) is 14.5. The van der Waals surface area contributed by atoms with Crippen LogP contribution in [-0.2, 0) is 13.0 Å². The summed E-state index contributed by atoms with van der Waals surface area (Å²) in [5, 5.41) is 4.79. The number of hydrogen-bond donors (Lipinski definition) is 2. The monoisotopic (exact) mass is 294 g/mol. The van der Waals surface area contributed by atoms with Crippen LogP contribution >= 0.6 is 0 Å². The average molecular weight is 294 g/mol. The van der Waals surface area contributed by atoms with Gasteiger partial charge in [0.05, 0.1) is 0 Å². The lowest BCUT2D eigenvalue weighted by Crippen LogP contribution is -2.16. The van der Waals surface area contributed by atoms with E-state index in [-0.39, 0.29) is 0 Å². The third-order valence-electron chi connectivity index (χ3n) is 4.02. The van der Waals surface area contributed by atoms with Crippen LogP contribution in [0.15, 0.2) is 48.7 Å². The van der Waals surface area contributed by atoms with Gasteiger partial charge in [-0.25, -0.2) is 0 Å². The van der Waals surface area contributed by atoms with E-state index in [4.69, 9.17) is 9.47 Å². The van der Waals surface area contributed by atoms with Gasteiger partial charge in [0.1, 0.15) is 0 Å². The second-order valence-electron chi connectivity index (χ2n) is 5.47. The molecule has 2 aromatic carbocycles. The van der Waals surface area contributed by atoms with Crippen molar-refractivity contribution in [2.45, 2.75) is 13.0 Å². The van der Waals surface area contributed by atoms with E-state index in [1.807, 2.05) is 6.07 Å². The number of rotatable bonds is 5. The molecule has 0 saturated heterocycles. The van der Waals surface area contributed by atoms with Crippen LogP contribution in [0.4, 0.5) is 0 Å². The van der Waals surface area contributed by atoms with Gasteiger partial charge in [0.25, 0.3) is 0 Å². The van der Waals surface area contributed by atoms with Crippen LogP contribution < -0.4 is 14.8 Å². The first-order valence-corrected chi connectivity index (χ1v) is 7.54. The van der Waals surface area contributed by atoms with Crippen LogP contribution in [0.3, 0.4) is 0 Å². The molecule has 0 saturated carbocycles. The summed E-state index contributed by atoms with van der Waals surface area (Å²) < 4.78 is 10.7. The van der Waals surface area contributed by atoms with E-state index in [9.17, 15) is 0 Å². The number of nitrogens with one attached hydrogen (secondary N) is 2. The summed E-state index contributed by atoms with van der Waals surface area (Å²) in [6.45, 7) is 2.13. The van der Waals surface area contributed by atoms with E-state index in [0.717, 1.165) is 31.0 Å². The maximum Gasteiger partial charge on any atom is 0.231 e. The fraction of sp³-hybridized carbons (Fsp3) is 0.222. The zero-order chi connectivity index (χ0) is 14.8. The smallest absolute Gasteiger partial charge is 0.231 e. The number of H-pyrrole nitrogens is 1. The van der Waals surface area contributed by atoms with E-state index < -0.39 is 0 Å². The number of benzene rings is 2. The molecule has 1 aliphatic heterocycles. The minimum absolute atomic E-state index is 0.331. The topological polar surface area (TPSA) is 46.3 Å². The second kappa shape index (κ2) is 5.73. The van der Waals surface area contributed by atoms with Crippen molar-refractivity contribution in [3.63, 3.8) is 0 Å². The number of fused-ring (bicyclic) bond motifs is 2. The molecule has 0 radical (unpaired) electrons. The summed E-state index contributed by atoms with van der Waals surface area (Å²) in [5.74, 6) is 1.70. The Balaban J connectivity index is 1.34. The predicted octanol–water partition coefficient (Wildman–Crippen LogP) is 3.23. The van der Waals surface area contributed by atoms with Crippen molar-refractivity contribution in [1.29, 1.82) is 0 Å². The minimum atomic E-state index is 0.331. The van der Waals surface area contributed by atoms with Crippen LogP contribution in [0.25, 0.3) is 10.9 Å². The highest BCUT2D eigenvalue weighted by atomic mass is 16.7. The van der Waals surface area contributed by atoms with Gasteiger partial charge in [0, 0.05) is 23.6 Å². The number of aromatic amines is 1. The van der Waals surface area contributed by atoms with Crippen molar-refractivity contribution in [1.82, 2.24) is 10.3 Å². The summed E-state index contributed by atoms with van der Waals surface area (Å²) in [6.07, 6.45) is 3.05. The maximum absolute atomic E-state index is 5.41. The molecule has 0 atom stereocenters. The van der Waals surface area contributed by atoms with Crippen LogP contribution in [0.5, 0.6) is 11.5 Å². The third kappa shape index (κ3) is 2.53. The van der Waals surface area contributed by atoms with Crippen LogP contribution in [0.2, 0.25) is 0 Å². The largest absolute Gasteiger partial charge is 0.454 e. The quantitative estimate of drug-likeness (QED) is 0.710. The van der Waals surface area contributed by atoms with Crippen molar-refractivity contribution in [3.8, 4) is 11.5 Å². The molecule has 4 heteroatoms. The van der Waals surface area contributed by atoms with Crippen LogP contribution in [-0.4, -0.2) is 18.3 Å². The third-order valence-corrected chi connectivity index (χ3v) is 4.02. The molecule has 0 fully saturated rings. The van der Waals surface area contributed by atoms with Crippen molar-refractivity contribution < 1.29 is 9.47 Å².